The summed E-state index contributed by atoms with van der Waals surface area (Å²) < 4.78 is 4.94. The average Bonchev–Trinajstić information content (AvgIpc) is 2.39. The number of hydrogen-bond donors (Lipinski definition) is 1. The molecule has 4 nitrogen and oxygen atoms in total. The van der Waals surface area contributed by atoms with Crippen molar-refractivity contribution in [2.24, 2.45) is 0 Å². The summed E-state index contributed by atoms with van der Waals surface area (Å²) in [5, 5.41) is 12.4. The van der Waals surface area contributed by atoms with E-state index in [2.05, 4.69) is 5.32 Å². The Hall–Kier alpha value is -2.28. The highest BCUT2D eigenvalue weighted by atomic mass is 16.5. The van der Waals surface area contributed by atoms with E-state index in [0.29, 0.717) is 5.70 Å². The molecule has 1 aromatic rings. The minimum atomic E-state index is -0.598. The Morgan fingerprint density at radius 2 is 1.95 bits per heavy atom. The highest BCUT2D eigenvalue weighted by molar-refractivity contribution is 6.01. The molecule has 0 bridgehead atoms. The minimum Gasteiger partial charge on any atom is -0.462 e. The highest BCUT2D eigenvalue weighted by Crippen LogP contribution is 2.18. The number of hydrogen-bond acceptors (Lipinski definition) is 4. The van der Waals surface area contributed by atoms with Gasteiger partial charge in [0.1, 0.15) is 6.07 Å². The smallest absolute Gasteiger partial charge is 0.351 e. The molecule has 4 heteroatoms. The summed E-state index contributed by atoms with van der Waals surface area (Å²) in [5.41, 5.74) is 2.44. The van der Waals surface area contributed by atoms with Gasteiger partial charge >= 0.3 is 5.97 Å². The number of ether oxygens (including phenoxy) is 1. The molecular formula is C16H20N2O2. The summed E-state index contributed by atoms with van der Waals surface area (Å²) in [6, 6.07) is 9.70. The van der Waals surface area contributed by atoms with E-state index >= 15 is 0 Å². The third-order valence-corrected chi connectivity index (χ3v) is 2.61. The van der Waals surface area contributed by atoms with Gasteiger partial charge in [-0.05, 0) is 33.3 Å². The van der Waals surface area contributed by atoms with E-state index in [1.807, 2.05) is 51.1 Å². The first kappa shape index (κ1) is 15.8. The molecule has 0 saturated heterocycles. The van der Waals surface area contributed by atoms with Crippen molar-refractivity contribution in [1.29, 1.82) is 5.26 Å². The lowest BCUT2D eigenvalue weighted by molar-refractivity contribution is -0.137. The first-order chi connectivity index (χ1) is 9.49. The van der Waals surface area contributed by atoms with E-state index in [0.717, 1.165) is 11.1 Å². The van der Waals surface area contributed by atoms with Gasteiger partial charge in [-0.15, -0.1) is 0 Å². The molecule has 1 N–H and O–H groups in total. The van der Waals surface area contributed by atoms with Crippen molar-refractivity contribution in [2.45, 2.75) is 33.7 Å². The molecule has 0 radical (unpaired) electrons. The lowest BCUT2D eigenvalue weighted by Crippen LogP contribution is -2.24. The van der Waals surface area contributed by atoms with Crippen LogP contribution in [-0.4, -0.2) is 18.6 Å². The summed E-state index contributed by atoms with van der Waals surface area (Å²) in [7, 11) is 0. The fourth-order valence-corrected chi connectivity index (χ4v) is 1.72. The molecular weight excluding hydrogens is 252 g/mol. The molecule has 0 amide bonds. The second-order valence-electron chi connectivity index (χ2n) is 4.75. The topological polar surface area (TPSA) is 62.1 Å². The van der Waals surface area contributed by atoms with Gasteiger partial charge < -0.3 is 10.1 Å². The molecule has 0 fully saturated rings. The van der Waals surface area contributed by atoms with Crippen molar-refractivity contribution >= 4 is 11.7 Å². The van der Waals surface area contributed by atoms with Crippen LogP contribution in [0.1, 0.15) is 31.9 Å². The van der Waals surface area contributed by atoms with Crippen molar-refractivity contribution in [3.05, 3.63) is 41.0 Å². The van der Waals surface area contributed by atoms with Crippen molar-refractivity contribution in [3.8, 4) is 6.07 Å². The molecule has 0 heterocycles. The van der Waals surface area contributed by atoms with Crippen LogP contribution in [0.4, 0.5) is 0 Å². The van der Waals surface area contributed by atoms with Crippen LogP contribution in [0.15, 0.2) is 29.8 Å². The van der Waals surface area contributed by atoms with E-state index in [1.165, 1.54) is 0 Å². The van der Waals surface area contributed by atoms with E-state index in [9.17, 15) is 10.1 Å². The van der Waals surface area contributed by atoms with Crippen LogP contribution in [0.3, 0.4) is 0 Å². The normalized spacial score (nSPS) is 11.6. The number of esters is 1. The average molecular weight is 272 g/mol. The molecule has 1 rings (SSSR count). The largest absolute Gasteiger partial charge is 0.462 e. The highest BCUT2D eigenvalue weighted by Gasteiger charge is 2.18. The molecule has 0 aromatic heterocycles. The maximum atomic E-state index is 11.9. The molecule has 0 aliphatic heterocycles. The summed E-state index contributed by atoms with van der Waals surface area (Å²) in [6.07, 6.45) is 0. The minimum absolute atomic E-state index is 0.00408. The molecule has 0 spiro atoms. The number of nitrogens with one attached hydrogen (secondary N) is 1. The Morgan fingerprint density at radius 3 is 2.40 bits per heavy atom. The zero-order chi connectivity index (χ0) is 15.1. The number of nitriles is 1. The molecule has 0 aliphatic rings. The third kappa shape index (κ3) is 4.13. The Kier molecular flexibility index (Phi) is 5.79. The van der Waals surface area contributed by atoms with Gasteiger partial charge in [0.25, 0.3) is 0 Å². The monoisotopic (exact) mass is 272 g/mol. The maximum Gasteiger partial charge on any atom is 0.351 e. The predicted molar refractivity (Wildman–Crippen MR) is 78.6 cm³/mol. The van der Waals surface area contributed by atoms with Gasteiger partial charge in [-0.3, -0.25) is 0 Å². The van der Waals surface area contributed by atoms with E-state index < -0.39 is 5.97 Å². The Morgan fingerprint density at radius 1 is 1.35 bits per heavy atom. The van der Waals surface area contributed by atoms with Crippen LogP contribution in [0.25, 0.3) is 5.70 Å². The number of rotatable bonds is 5. The SMILES string of the molecule is CCOC(=O)/C(C#N)=C(\NC(C)C)c1ccc(C)cc1. The number of nitrogens with zero attached hydrogens (tertiary/aromatic N) is 1. The quantitative estimate of drug-likeness (QED) is 0.508. The maximum absolute atomic E-state index is 11.9. The number of aryl methyl sites for hydroxylation is 1. The van der Waals surface area contributed by atoms with Crippen molar-refractivity contribution in [1.82, 2.24) is 5.32 Å². The van der Waals surface area contributed by atoms with Crippen LogP contribution in [0.5, 0.6) is 0 Å². The van der Waals surface area contributed by atoms with Gasteiger partial charge in [-0.25, -0.2) is 4.79 Å². The zero-order valence-corrected chi connectivity index (χ0v) is 12.4. The van der Waals surface area contributed by atoms with Gasteiger partial charge in [0, 0.05) is 6.04 Å². The van der Waals surface area contributed by atoms with Crippen LogP contribution in [0.2, 0.25) is 0 Å². The van der Waals surface area contributed by atoms with Gasteiger partial charge in [0.2, 0.25) is 0 Å². The van der Waals surface area contributed by atoms with Gasteiger partial charge in [0.05, 0.1) is 12.3 Å². The summed E-state index contributed by atoms with van der Waals surface area (Å²) in [4.78, 5) is 11.9. The fourth-order valence-electron chi connectivity index (χ4n) is 1.72. The summed E-state index contributed by atoms with van der Waals surface area (Å²) >= 11 is 0. The van der Waals surface area contributed by atoms with Crippen molar-refractivity contribution < 1.29 is 9.53 Å². The van der Waals surface area contributed by atoms with Gasteiger partial charge in [-0.2, -0.15) is 5.26 Å². The number of carbonyl (C=O) groups is 1. The molecule has 0 aliphatic carbocycles. The van der Waals surface area contributed by atoms with Gasteiger partial charge in [-0.1, -0.05) is 29.8 Å². The number of benzene rings is 1. The predicted octanol–water partition coefficient (Wildman–Crippen LogP) is 2.79. The second kappa shape index (κ2) is 7.34. The second-order valence-corrected chi connectivity index (χ2v) is 4.75. The summed E-state index contributed by atoms with van der Waals surface area (Å²) in [5.74, 6) is -0.598. The van der Waals surface area contributed by atoms with E-state index in [4.69, 9.17) is 4.74 Å². The Balaban J connectivity index is 3.32. The lowest BCUT2D eigenvalue weighted by Gasteiger charge is -2.16. The third-order valence-electron chi connectivity index (χ3n) is 2.61. The Bertz CT molecular complexity index is 537. The molecule has 20 heavy (non-hydrogen) atoms. The molecule has 0 saturated carbocycles. The van der Waals surface area contributed by atoms with Crippen LogP contribution < -0.4 is 5.32 Å². The lowest BCUT2D eigenvalue weighted by atomic mass is 10.0. The number of carbonyl (C=O) groups excluding carboxylic acids is 1. The van der Waals surface area contributed by atoms with Crippen molar-refractivity contribution in [3.63, 3.8) is 0 Å². The Labute approximate surface area is 120 Å². The standard InChI is InChI=1S/C16H20N2O2/c1-5-20-16(19)14(10-17)15(18-11(2)3)13-8-6-12(4)7-9-13/h6-9,11,18H,5H2,1-4H3/b15-14-. The van der Waals surface area contributed by atoms with E-state index in [1.54, 1.807) is 6.92 Å². The fraction of sp³-hybridized carbons (Fsp3) is 0.375. The van der Waals surface area contributed by atoms with Crippen LogP contribution >= 0.6 is 0 Å². The first-order valence-corrected chi connectivity index (χ1v) is 6.64. The molecule has 0 unspecified atom stereocenters. The molecule has 106 valence electrons. The zero-order valence-electron chi connectivity index (χ0n) is 12.4. The van der Waals surface area contributed by atoms with Crippen LogP contribution in [-0.2, 0) is 9.53 Å². The van der Waals surface area contributed by atoms with Gasteiger partial charge in [0.15, 0.2) is 5.57 Å². The molecule has 0 atom stereocenters. The first-order valence-electron chi connectivity index (χ1n) is 6.64. The van der Waals surface area contributed by atoms with Crippen molar-refractivity contribution in [2.75, 3.05) is 6.61 Å². The molecule has 1 aromatic carbocycles. The van der Waals surface area contributed by atoms with Crippen LogP contribution in [0, 0.1) is 18.3 Å². The summed E-state index contributed by atoms with van der Waals surface area (Å²) in [6.45, 7) is 7.85. The van der Waals surface area contributed by atoms with E-state index in [-0.39, 0.29) is 18.2 Å².